The van der Waals surface area contributed by atoms with E-state index in [9.17, 15) is 24.5 Å². The molecule has 0 radical (unpaired) electrons. The van der Waals surface area contributed by atoms with Crippen molar-refractivity contribution < 1.29 is 24.0 Å². The zero-order chi connectivity index (χ0) is 28.4. The summed E-state index contributed by atoms with van der Waals surface area (Å²) < 4.78 is 5.25. The van der Waals surface area contributed by atoms with Crippen LogP contribution in [0.25, 0.3) is 0 Å². The second-order valence-corrected chi connectivity index (χ2v) is 10.2. The number of carbonyl (C=O) groups is 3. The summed E-state index contributed by atoms with van der Waals surface area (Å²) in [5, 5.41) is 16.3. The molecule has 4 amide bonds. The minimum atomic E-state index is -0.618. The highest BCUT2D eigenvalue weighted by Crippen LogP contribution is 2.25. The number of esters is 1. The van der Waals surface area contributed by atoms with Gasteiger partial charge in [-0.25, -0.2) is 14.4 Å². The predicted molar refractivity (Wildman–Crippen MR) is 143 cm³/mol. The predicted octanol–water partition coefficient (Wildman–Crippen LogP) is 4.94. The Bertz CT molecular complexity index is 969. The maximum absolute atomic E-state index is 12.9. The van der Waals surface area contributed by atoms with Gasteiger partial charge in [-0.2, -0.15) is 0 Å². The monoisotopic (exact) mass is 519 g/mol. The molecule has 1 rings (SSSR count). The molecule has 0 aromatic heterocycles. The summed E-state index contributed by atoms with van der Waals surface area (Å²) in [4.78, 5) is 51.2. The van der Waals surface area contributed by atoms with Gasteiger partial charge in [0.05, 0.1) is 11.5 Å². The van der Waals surface area contributed by atoms with E-state index in [-0.39, 0.29) is 42.0 Å². The quantitative estimate of drug-likeness (QED) is 0.132. The van der Waals surface area contributed by atoms with Crippen molar-refractivity contribution in [1.29, 1.82) is 0 Å². The SMILES string of the molecule is C=C(CCC(C)(C)N(CC)C(=O)Nc1ccc([N+](=O)[O-])cc1)C(=O)OCCNC(=O)N(CC)C(C)(C)C. The number of nitro groups is 1. The molecule has 0 heterocycles. The number of nitro benzene ring substituents is 1. The summed E-state index contributed by atoms with van der Waals surface area (Å²) in [6, 6.07) is 5.00. The minimum absolute atomic E-state index is 0.0212. The van der Waals surface area contributed by atoms with Crippen molar-refractivity contribution in [2.75, 3.05) is 31.6 Å². The average molecular weight is 520 g/mol. The highest BCUT2D eigenvalue weighted by Gasteiger charge is 2.30. The number of hydrogen-bond acceptors (Lipinski definition) is 6. The third kappa shape index (κ3) is 9.74. The lowest BCUT2D eigenvalue weighted by molar-refractivity contribution is -0.384. The number of non-ortho nitro benzene ring substituents is 1. The molecule has 0 unspecified atom stereocenters. The highest BCUT2D eigenvalue weighted by atomic mass is 16.6. The van der Waals surface area contributed by atoms with Crippen molar-refractivity contribution in [2.24, 2.45) is 0 Å². The third-order valence-electron chi connectivity index (χ3n) is 5.93. The molecule has 0 saturated heterocycles. The number of anilines is 1. The summed E-state index contributed by atoms with van der Waals surface area (Å²) >= 11 is 0. The lowest BCUT2D eigenvalue weighted by Crippen LogP contribution is -2.50. The van der Waals surface area contributed by atoms with Crippen molar-refractivity contribution in [3.05, 3.63) is 46.5 Å². The summed E-state index contributed by atoms with van der Waals surface area (Å²) in [5.41, 5.74) is -0.286. The summed E-state index contributed by atoms with van der Waals surface area (Å²) in [6.07, 6.45) is 0.767. The number of urea groups is 2. The lowest BCUT2D eigenvalue weighted by Gasteiger charge is -2.38. The van der Waals surface area contributed by atoms with Crippen LogP contribution < -0.4 is 10.6 Å². The van der Waals surface area contributed by atoms with Gasteiger partial charge in [0.1, 0.15) is 6.61 Å². The number of nitrogens with zero attached hydrogens (tertiary/aromatic N) is 3. The molecular weight excluding hydrogens is 478 g/mol. The molecule has 206 valence electrons. The van der Waals surface area contributed by atoms with Crippen LogP contribution in [-0.4, -0.2) is 70.1 Å². The largest absolute Gasteiger partial charge is 0.460 e. The molecule has 0 atom stereocenters. The Balaban J connectivity index is 2.56. The number of ether oxygens (including phenoxy) is 1. The second kappa shape index (κ2) is 13.6. The maximum atomic E-state index is 12.9. The molecule has 0 aliphatic carbocycles. The number of carbonyl (C=O) groups excluding carboxylic acids is 3. The molecule has 0 fully saturated rings. The first-order valence-electron chi connectivity index (χ1n) is 12.4. The number of benzene rings is 1. The van der Waals surface area contributed by atoms with Crippen LogP contribution >= 0.6 is 0 Å². The summed E-state index contributed by atoms with van der Waals surface area (Å²) in [6.45, 7) is 18.3. The molecular formula is C26H41N5O6. The van der Waals surface area contributed by atoms with Crippen molar-refractivity contribution >= 4 is 29.4 Å². The van der Waals surface area contributed by atoms with Gasteiger partial charge >= 0.3 is 18.0 Å². The average Bonchev–Trinajstić information content (AvgIpc) is 2.80. The van der Waals surface area contributed by atoms with Gasteiger partial charge in [-0.3, -0.25) is 10.1 Å². The molecule has 37 heavy (non-hydrogen) atoms. The molecule has 1 aromatic carbocycles. The minimum Gasteiger partial charge on any atom is -0.460 e. The number of amides is 4. The van der Waals surface area contributed by atoms with E-state index in [0.29, 0.717) is 31.6 Å². The van der Waals surface area contributed by atoms with Gasteiger partial charge in [0.25, 0.3) is 5.69 Å². The zero-order valence-electron chi connectivity index (χ0n) is 23.1. The molecule has 0 aliphatic rings. The summed E-state index contributed by atoms with van der Waals surface area (Å²) in [7, 11) is 0. The van der Waals surface area contributed by atoms with Gasteiger partial charge in [-0.1, -0.05) is 6.58 Å². The van der Waals surface area contributed by atoms with Crippen LogP contribution in [0.15, 0.2) is 36.4 Å². The molecule has 1 aromatic rings. The Morgan fingerprint density at radius 3 is 2.05 bits per heavy atom. The fourth-order valence-corrected chi connectivity index (χ4v) is 3.82. The van der Waals surface area contributed by atoms with Crippen LogP contribution in [0, 0.1) is 10.1 Å². The standard InChI is InChI=1S/C26H41N5O6/c1-9-29(25(4,5)6)23(33)27-17-18-37-22(32)19(3)15-16-26(7,8)30(10-2)24(34)28-20-11-13-21(14-12-20)31(35)36/h11-14H,3,9-10,15-18H2,1-2,4-8H3,(H,27,33)(H,28,34). The highest BCUT2D eigenvalue weighted by molar-refractivity contribution is 5.90. The van der Waals surface area contributed by atoms with Gasteiger partial charge in [0.15, 0.2) is 0 Å². The molecule has 0 aliphatic heterocycles. The molecule has 11 nitrogen and oxygen atoms in total. The summed E-state index contributed by atoms with van der Waals surface area (Å²) in [5.74, 6) is -0.549. The van der Waals surface area contributed by atoms with Gasteiger partial charge < -0.3 is 25.2 Å². The Labute approximate surface area is 219 Å². The molecule has 2 N–H and O–H groups in total. The zero-order valence-corrected chi connectivity index (χ0v) is 23.1. The van der Waals surface area contributed by atoms with E-state index in [1.165, 1.54) is 24.3 Å². The van der Waals surface area contributed by atoms with E-state index in [0.717, 1.165) is 0 Å². The van der Waals surface area contributed by atoms with Crippen LogP contribution in [0.3, 0.4) is 0 Å². The van der Waals surface area contributed by atoms with Crippen LogP contribution in [0.1, 0.15) is 61.3 Å². The van der Waals surface area contributed by atoms with Crippen LogP contribution in [0.5, 0.6) is 0 Å². The Hall–Kier alpha value is -3.63. The normalized spacial score (nSPS) is 11.3. The smallest absolute Gasteiger partial charge is 0.333 e. The van der Waals surface area contributed by atoms with Crippen LogP contribution in [0.4, 0.5) is 21.0 Å². The Morgan fingerprint density at radius 1 is 1.00 bits per heavy atom. The molecule has 0 spiro atoms. The molecule has 0 saturated carbocycles. The van der Waals surface area contributed by atoms with E-state index < -0.39 is 16.4 Å². The fourth-order valence-electron chi connectivity index (χ4n) is 3.82. The van der Waals surface area contributed by atoms with Gasteiger partial charge in [-0.05, 0) is 73.4 Å². The molecule has 0 bridgehead atoms. The van der Waals surface area contributed by atoms with Crippen molar-refractivity contribution in [2.45, 2.75) is 72.4 Å². The number of hydrogen-bond donors (Lipinski definition) is 2. The lowest BCUT2D eigenvalue weighted by atomic mass is 9.93. The maximum Gasteiger partial charge on any atom is 0.333 e. The third-order valence-corrected chi connectivity index (χ3v) is 5.93. The second-order valence-electron chi connectivity index (χ2n) is 10.2. The van der Waals surface area contributed by atoms with Crippen LogP contribution in [0.2, 0.25) is 0 Å². The van der Waals surface area contributed by atoms with Gasteiger partial charge in [-0.15, -0.1) is 0 Å². The molecule has 11 heteroatoms. The van der Waals surface area contributed by atoms with Crippen molar-refractivity contribution in [3.63, 3.8) is 0 Å². The fraction of sp³-hybridized carbons (Fsp3) is 0.577. The van der Waals surface area contributed by atoms with E-state index >= 15 is 0 Å². The van der Waals surface area contributed by atoms with E-state index in [4.69, 9.17) is 4.74 Å². The van der Waals surface area contributed by atoms with Crippen molar-refractivity contribution in [3.8, 4) is 0 Å². The first kappa shape index (κ1) is 31.4. The first-order chi connectivity index (χ1) is 17.1. The number of nitrogens with one attached hydrogen (secondary N) is 2. The first-order valence-corrected chi connectivity index (χ1v) is 12.4. The van der Waals surface area contributed by atoms with Gasteiger partial charge in [0, 0.05) is 47.6 Å². The topological polar surface area (TPSA) is 134 Å². The van der Waals surface area contributed by atoms with E-state index in [1.807, 2.05) is 48.5 Å². The Morgan fingerprint density at radius 2 is 1.57 bits per heavy atom. The van der Waals surface area contributed by atoms with Crippen molar-refractivity contribution in [1.82, 2.24) is 15.1 Å². The van der Waals surface area contributed by atoms with E-state index in [2.05, 4.69) is 17.2 Å². The van der Waals surface area contributed by atoms with Crippen LogP contribution in [-0.2, 0) is 9.53 Å². The Kier molecular flexibility index (Phi) is 11.6. The van der Waals surface area contributed by atoms with Gasteiger partial charge in [0.2, 0.25) is 0 Å². The van der Waals surface area contributed by atoms with E-state index in [1.54, 1.807) is 9.80 Å². The number of rotatable bonds is 12.